The average molecular weight is 275 g/mol. The van der Waals surface area contributed by atoms with Crippen LogP contribution in [-0.2, 0) is 11.3 Å². The van der Waals surface area contributed by atoms with Crippen LogP contribution in [0.3, 0.4) is 0 Å². The van der Waals surface area contributed by atoms with Crippen molar-refractivity contribution in [1.29, 1.82) is 0 Å². The van der Waals surface area contributed by atoms with Crippen LogP contribution in [0, 0.1) is 0 Å². The summed E-state index contributed by atoms with van der Waals surface area (Å²) in [6.07, 6.45) is 3.97. The van der Waals surface area contributed by atoms with E-state index in [-0.39, 0.29) is 4.75 Å². The monoisotopic (exact) mass is 275 g/mol. The molecule has 0 aromatic heterocycles. The number of allylic oxidation sites excluding steroid dienone is 1. The van der Waals surface area contributed by atoms with E-state index in [2.05, 4.69) is 38.2 Å². The van der Waals surface area contributed by atoms with Gasteiger partial charge in [-0.05, 0) is 11.6 Å². The minimum atomic E-state index is 0.198. The molecule has 1 N–H and O–H groups in total. The molecule has 1 aromatic carbocycles. The SMILES string of the molecule is CC(C)(C)SC1=C(OCc2ccccc2)C=CNC1. The number of benzene rings is 1. The molecule has 3 heteroatoms. The summed E-state index contributed by atoms with van der Waals surface area (Å²) in [5.41, 5.74) is 1.20. The Morgan fingerprint density at radius 2 is 1.95 bits per heavy atom. The lowest BCUT2D eigenvalue weighted by Gasteiger charge is -2.24. The minimum absolute atomic E-state index is 0.198. The Balaban J connectivity index is 2.04. The molecule has 0 unspecified atom stereocenters. The Kier molecular flexibility index (Phi) is 4.59. The molecule has 0 saturated heterocycles. The van der Waals surface area contributed by atoms with Crippen LogP contribution in [-0.4, -0.2) is 11.3 Å². The molecular formula is C16H21NOS. The molecule has 102 valence electrons. The molecule has 0 radical (unpaired) electrons. The van der Waals surface area contributed by atoms with Crippen molar-refractivity contribution < 1.29 is 4.74 Å². The Hall–Kier alpha value is -1.35. The molecule has 1 heterocycles. The highest BCUT2D eigenvalue weighted by atomic mass is 32.2. The summed E-state index contributed by atoms with van der Waals surface area (Å²) >= 11 is 1.86. The number of dihydropyridines is 1. The Morgan fingerprint density at radius 3 is 2.63 bits per heavy atom. The van der Waals surface area contributed by atoms with Crippen LogP contribution in [0.25, 0.3) is 0 Å². The molecule has 1 aliphatic rings. The predicted octanol–water partition coefficient (Wildman–Crippen LogP) is 4.06. The van der Waals surface area contributed by atoms with Gasteiger partial charge in [0, 0.05) is 22.4 Å². The molecule has 0 atom stereocenters. The first-order chi connectivity index (χ1) is 9.04. The van der Waals surface area contributed by atoms with Gasteiger partial charge in [0.05, 0.1) is 0 Å². The molecule has 1 aliphatic heterocycles. The molecule has 0 saturated carbocycles. The van der Waals surface area contributed by atoms with Gasteiger partial charge in [0.25, 0.3) is 0 Å². The zero-order valence-electron chi connectivity index (χ0n) is 11.8. The quantitative estimate of drug-likeness (QED) is 0.895. The third-order valence-electron chi connectivity index (χ3n) is 2.56. The van der Waals surface area contributed by atoms with Crippen LogP contribution < -0.4 is 5.32 Å². The van der Waals surface area contributed by atoms with E-state index >= 15 is 0 Å². The van der Waals surface area contributed by atoms with Gasteiger partial charge in [-0.1, -0.05) is 51.1 Å². The first kappa shape index (κ1) is 14.1. The van der Waals surface area contributed by atoms with Crippen molar-refractivity contribution >= 4 is 11.8 Å². The van der Waals surface area contributed by atoms with Gasteiger partial charge in [0.15, 0.2) is 0 Å². The highest BCUT2D eigenvalue weighted by Crippen LogP contribution is 2.34. The fourth-order valence-corrected chi connectivity index (χ4v) is 2.91. The first-order valence-electron chi connectivity index (χ1n) is 6.53. The fraction of sp³-hybridized carbons (Fsp3) is 0.375. The molecule has 2 nitrogen and oxygen atoms in total. The molecule has 19 heavy (non-hydrogen) atoms. The van der Waals surface area contributed by atoms with E-state index in [0.29, 0.717) is 6.61 Å². The lowest BCUT2D eigenvalue weighted by Crippen LogP contribution is -2.19. The summed E-state index contributed by atoms with van der Waals surface area (Å²) in [6, 6.07) is 10.3. The summed E-state index contributed by atoms with van der Waals surface area (Å²) in [6.45, 7) is 8.13. The Bertz CT molecular complexity index is 471. The van der Waals surface area contributed by atoms with Crippen LogP contribution in [0.4, 0.5) is 0 Å². The van der Waals surface area contributed by atoms with Gasteiger partial charge < -0.3 is 10.1 Å². The van der Waals surface area contributed by atoms with E-state index < -0.39 is 0 Å². The van der Waals surface area contributed by atoms with E-state index in [1.54, 1.807) is 0 Å². The average Bonchev–Trinajstić information content (AvgIpc) is 2.37. The van der Waals surface area contributed by atoms with Crippen molar-refractivity contribution in [2.45, 2.75) is 32.1 Å². The summed E-state index contributed by atoms with van der Waals surface area (Å²) in [4.78, 5) is 1.27. The molecule has 2 rings (SSSR count). The van der Waals surface area contributed by atoms with Crippen molar-refractivity contribution in [2.24, 2.45) is 0 Å². The number of hydrogen-bond donors (Lipinski definition) is 1. The lowest BCUT2D eigenvalue weighted by atomic mass is 10.2. The standard InChI is InChI=1S/C16H21NOS/c1-16(2,3)19-15-11-17-10-9-14(15)18-12-13-7-5-4-6-8-13/h4-10,17H,11-12H2,1-3H3. The summed E-state index contributed by atoms with van der Waals surface area (Å²) in [5, 5.41) is 3.25. The van der Waals surface area contributed by atoms with Gasteiger partial charge in [0.1, 0.15) is 12.4 Å². The maximum Gasteiger partial charge on any atom is 0.132 e. The van der Waals surface area contributed by atoms with Crippen molar-refractivity contribution in [3.63, 3.8) is 0 Å². The second kappa shape index (κ2) is 6.20. The topological polar surface area (TPSA) is 21.3 Å². The zero-order chi connectivity index (χ0) is 13.7. The van der Waals surface area contributed by atoms with E-state index in [9.17, 15) is 0 Å². The Morgan fingerprint density at radius 1 is 1.21 bits per heavy atom. The van der Waals surface area contributed by atoms with Gasteiger partial charge >= 0.3 is 0 Å². The van der Waals surface area contributed by atoms with Gasteiger partial charge in [-0.2, -0.15) is 0 Å². The molecule has 0 fully saturated rings. The fourth-order valence-electron chi connectivity index (χ4n) is 1.79. The number of nitrogens with one attached hydrogen (secondary N) is 1. The van der Waals surface area contributed by atoms with Gasteiger partial charge in [0.2, 0.25) is 0 Å². The van der Waals surface area contributed by atoms with Crippen molar-refractivity contribution in [1.82, 2.24) is 5.32 Å². The van der Waals surface area contributed by atoms with Crippen LogP contribution in [0.5, 0.6) is 0 Å². The first-order valence-corrected chi connectivity index (χ1v) is 7.35. The van der Waals surface area contributed by atoms with Gasteiger partial charge in [-0.3, -0.25) is 0 Å². The summed E-state index contributed by atoms with van der Waals surface area (Å²) < 4.78 is 6.16. The van der Waals surface area contributed by atoms with Crippen molar-refractivity contribution in [3.05, 3.63) is 58.8 Å². The van der Waals surface area contributed by atoms with Gasteiger partial charge in [-0.15, -0.1) is 11.8 Å². The number of rotatable bonds is 4. The van der Waals surface area contributed by atoms with E-state index in [1.807, 2.05) is 42.2 Å². The largest absolute Gasteiger partial charge is 0.488 e. The molecule has 0 bridgehead atoms. The third kappa shape index (κ3) is 4.67. The van der Waals surface area contributed by atoms with Crippen molar-refractivity contribution in [2.75, 3.05) is 6.54 Å². The van der Waals surface area contributed by atoms with E-state index in [1.165, 1.54) is 10.5 Å². The second-order valence-electron chi connectivity index (χ2n) is 5.49. The maximum absolute atomic E-state index is 5.96. The minimum Gasteiger partial charge on any atom is -0.488 e. The predicted molar refractivity (Wildman–Crippen MR) is 82.7 cm³/mol. The summed E-state index contributed by atoms with van der Waals surface area (Å²) in [5.74, 6) is 0.988. The third-order valence-corrected chi connectivity index (χ3v) is 3.76. The molecule has 0 spiro atoms. The highest BCUT2D eigenvalue weighted by molar-refractivity contribution is 8.04. The maximum atomic E-state index is 5.96. The second-order valence-corrected chi connectivity index (χ2v) is 7.41. The van der Waals surface area contributed by atoms with Crippen LogP contribution in [0.1, 0.15) is 26.3 Å². The Labute approximate surface area is 119 Å². The molecule has 0 amide bonds. The van der Waals surface area contributed by atoms with Gasteiger partial charge in [-0.25, -0.2) is 0 Å². The van der Waals surface area contributed by atoms with Crippen LogP contribution in [0.15, 0.2) is 53.3 Å². The van der Waals surface area contributed by atoms with Crippen molar-refractivity contribution in [3.8, 4) is 0 Å². The molecular weight excluding hydrogens is 254 g/mol. The summed E-state index contributed by atoms with van der Waals surface area (Å²) in [7, 11) is 0. The molecule has 1 aromatic rings. The van der Waals surface area contributed by atoms with E-state index in [4.69, 9.17) is 4.74 Å². The molecule has 0 aliphatic carbocycles. The zero-order valence-corrected chi connectivity index (χ0v) is 12.6. The van der Waals surface area contributed by atoms with E-state index in [0.717, 1.165) is 12.3 Å². The highest BCUT2D eigenvalue weighted by Gasteiger charge is 2.18. The normalized spacial score (nSPS) is 15.3. The number of hydrogen-bond acceptors (Lipinski definition) is 3. The number of ether oxygens (including phenoxy) is 1. The smallest absolute Gasteiger partial charge is 0.132 e. The van der Waals surface area contributed by atoms with Crippen LogP contribution in [0.2, 0.25) is 0 Å². The number of thioether (sulfide) groups is 1. The lowest BCUT2D eigenvalue weighted by molar-refractivity contribution is 0.208. The van der Waals surface area contributed by atoms with Crippen LogP contribution >= 0.6 is 11.8 Å².